The van der Waals surface area contributed by atoms with E-state index in [1.54, 1.807) is 18.2 Å². The molecule has 0 unspecified atom stereocenters. The van der Waals surface area contributed by atoms with E-state index in [1.165, 1.54) is 0 Å². The molecule has 0 aromatic heterocycles. The van der Waals surface area contributed by atoms with Crippen LogP contribution in [0.3, 0.4) is 0 Å². The number of benzene rings is 2. The maximum absolute atomic E-state index is 12.3. The average Bonchev–Trinajstić information content (AvgIpc) is 2.50. The first-order valence-corrected chi connectivity index (χ1v) is 9.95. The minimum atomic E-state index is -3.53. The van der Waals surface area contributed by atoms with Crippen molar-refractivity contribution in [3.05, 3.63) is 64.2 Å². The second-order valence-corrected chi connectivity index (χ2v) is 8.38. The van der Waals surface area contributed by atoms with Crippen molar-refractivity contribution in [1.82, 2.24) is 4.31 Å². The van der Waals surface area contributed by atoms with Gasteiger partial charge in [0.15, 0.2) is 0 Å². The van der Waals surface area contributed by atoms with Crippen molar-refractivity contribution in [2.24, 2.45) is 0 Å². The largest absolute Gasteiger partial charge is 0.325 e. The van der Waals surface area contributed by atoms with Crippen LogP contribution in [0.25, 0.3) is 0 Å². The van der Waals surface area contributed by atoms with Gasteiger partial charge in [-0.2, -0.15) is 4.31 Å². The third-order valence-corrected chi connectivity index (χ3v) is 5.29. The predicted octanol–water partition coefficient (Wildman–Crippen LogP) is 3.36. The van der Waals surface area contributed by atoms with Gasteiger partial charge in [0.2, 0.25) is 15.9 Å². The van der Waals surface area contributed by atoms with Crippen LogP contribution in [0.4, 0.5) is 5.69 Å². The zero-order chi connectivity index (χ0) is 18.6. The van der Waals surface area contributed by atoms with Gasteiger partial charge in [-0.05, 0) is 48.7 Å². The van der Waals surface area contributed by atoms with E-state index in [4.69, 9.17) is 11.6 Å². The number of halogens is 1. The minimum Gasteiger partial charge on any atom is -0.325 e. The molecule has 134 valence electrons. The molecule has 0 saturated carbocycles. The lowest BCUT2D eigenvalue weighted by atomic mass is 10.1. The lowest BCUT2D eigenvalue weighted by molar-refractivity contribution is -0.116. The van der Waals surface area contributed by atoms with Crippen LogP contribution in [0.5, 0.6) is 0 Å². The number of rotatable bonds is 6. The van der Waals surface area contributed by atoms with Gasteiger partial charge in [0.25, 0.3) is 0 Å². The van der Waals surface area contributed by atoms with Crippen molar-refractivity contribution in [1.29, 1.82) is 0 Å². The zero-order valence-electron chi connectivity index (χ0n) is 14.4. The monoisotopic (exact) mass is 380 g/mol. The topological polar surface area (TPSA) is 66.5 Å². The first-order valence-electron chi connectivity index (χ1n) is 7.72. The van der Waals surface area contributed by atoms with Crippen LogP contribution in [-0.4, -0.2) is 31.4 Å². The summed E-state index contributed by atoms with van der Waals surface area (Å²) in [7, 11) is -3.53. The Morgan fingerprint density at radius 3 is 2.40 bits per heavy atom. The summed E-state index contributed by atoms with van der Waals surface area (Å²) in [5.41, 5.74) is 3.26. The Hall–Kier alpha value is -1.89. The molecule has 0 radical (unpaired) electrons. The molecule has 1 N–H and O–H groups in total. The van der Waals surface area contributed by atoms with Crippen LogP contribution < -0.4 is 5.32 Å². The molecule has 0 atom stereocenters. The zero-order valence-corrected chi connectivity index (χ0v) is 16.0. The van der Waals surface area contributed by atoms with Crippen molar-refractivity contribution < 1.29 is 13.2 Å². The minimum absolute atomic E-state index is 0.151. The van der Waals surface area contributed by atoms with E-state index >= 15 is 0 Å². The molecule has 2 rings (SSSR count). The maximum atomic E-state index is 12.3. The highest BCUT2D eigenvalue weighted by atomic mass is 35.5. The fourth-order valence-corrected chi connectivity index (χ4v) is 3.34. The fraction of sp³-hybridized carbons (Fsp3) is 0.278. The number of amides is 1. The summed E-state index contributed by atoms with van der Waals surface area (Å²) in [6, 6.07) is 12.6. The van der Waals surface area contributed by atoms with Crippen LogP contribution in [-0.2, 0) is 21.4 Å². The summed E-state index contributed by atoms with van der Waals surface area (Å²) in [5.74, 6) is -0.399. The molecule has 2 aromatic rings. The molecule has 0 aliphatic carbocycles. The summed E-state index contributed by atoms with van der Waals surface area (Å²) in [5, 5.41) is 3.31. The number of hydrogen-bond donors (Lipinski definition) is 1. The van der Waals surface area contributed by atoms with Gasteiger partial charge >= 0.3 is 0 Å². The molecule has 2 aromatic carbocycles. The Morgan fingerprint density at radius 2 is 1.80 bits per heavy atom. The van der Waals surface area contributed by atoms with Crippen LogP contribution in [0.1, 0.15) is 16.7 Å². The summed E-state index contributed by atoms with van der Waals surface area (Å²) < 4.78 is 25.3. The number of nitrogens with one attached hydrogen (secondary N) is 1. The van der Waals surface area contributed by atoms with E-state index < -0.39 is 15.9 Å². The molecule has 0 aliphatic rings. The number of nitrogens with zero attached hydrogens (tertiary/aromatic N) is 1. The highest BCUT2D eigenvalue weighted by molar-refractivity contribution is 7.88. The maximum Gasteiger partial charge on any atom is 0.239 e. The molecule has 5 nitrogen and oxygen atoms in total. The number of sulfonamides is 1. The highest BCUT2D eigenvalue weighted by Gasteiger charge is 2.21. The first kappa shape index (κ1) is 19.4. The van der Waals surface area contributed by atoms with Gasteiger partial charge in [-0.1, -0.05) is 35.9 Å². The quantitative estimate of drug-likeness (QED) is 0.835. The SMILES string of the molecule is Cc1ccccc1CN(CC(=O)Nc1ccc(Cl)cc1C)S(C)(=O)=O. The Morgan fingerprint density at radius 1 is 1.12 bits per heavy atom. The van der Waals surface area contributed by atoms with Gasteiger partial charge < -0.3 is 5.32 Å². The smallest absolute Gasteiger partial charge is 0.239 e. The van der Waals surface area contributed by atoms with Crippen LogP contribution in [0.2, 0.25) is 5.02 Å². The summed E-state index contributed by atoms with van der Waals surface area (Å²) >= 11 is 5.90. The van der Waals surface area contributed by atoms with E-state index in [2.05, 4.69) is 5.32 Å². The molecule has 0 spiro atoms. The predicted molar refractivity (Wildman–Crippen MR) is 101 cm³/mol. The molecular formula is C18H21ClN2O3S. The average molecular weight is 381 g/mol. The Balaban J connectivity index is 2.14. The van der Waals surface area contributed by atoms with Gasteiger partial charge in [0, 0.05) is 17.3 Å². The van der Waals surface area contributed by atoms with Crippen molar-refractivity contribution in [3.63, 3.8) is 0 Å². The molecular weight excluding hydrogens is 360 g/mol. The van der Waals surface area contributed by atoms with Crippen LogP contribution >= 0.6 is 11.6 Å². The lowest BCUT2D eigenvalue weighted by Crippen LogP contribution is -2.37. The first-order chi connectivity index (χ1) is 11.7. The van der Waals surface area contributed by atoms with Gasteiger partial charge in [-0.25, -0.2) is 8.42 Å². The van der Waals surface area contributed by atoms with Crippen molar-refractivity contribution >= 4 is 33.2 Å². The number of carbonyl (C=O) groups is 1. The molecule has 7 heteroatoms. The second kappa shape index (κ2) is 7.99. The molecule has 25 heavy (non-hydrogen) atoms. The lowest BCUT2D eigenvalue weighted by Gasteiger charge is -2.21. The van der Waals surface area contributed by atoms with E-state index in [9.17, 15) is 13.2 Å². The van der Waals surface area contributed by atoms with E-state index in [-0.39, 0.29) is 13.1 Å². The van der Waals surface area contributed by atoms with E-state index in [1.807, 2.05) is 38.1 Å². The molecule has 0 saturated heterocycles. The summed E-state index contributed by atoms with van der Waals surface area (Å²) in [4.78, 5) is 12.3. The fourth-order valence-electron chi connectivity index (χ4n) is 2.39. The number of aryl methyl sites for hydroxylation is 2. The second-order valence-electron chi connectivity index (χ2n) is 5.96. The molecule has 0 fully saturated rings. The molecule has 1 amide bonds. The number of hydrogen-bond acceptors (Lipinski definition) is 3. The molecule has 0 aliphatic heterocycles. The van der Waals surface area contributed by atoms with Gasteiger partial charge in [0.1, 0.15) is 0 Å². The van der Waals surface area contributed by atoms with E-state index in [0.717, 1.165) is 27.3 Å². The summed E-state index contributed by atoms with van der Waals surface area (Å²) in [6.07, 6.45) is 1.10. The molecule has 0 heterocycles. The van der Waals surface area contributed by atoms with Crippen molar-refractivity contribution in [3.8, 4) is 0 Å². The normalized spacial score (nSPS) is 11.6. The third-order valence-electron chi connectivity index (χ3n) is 3.86. The van der Waals surface area contributed by atoms with Crippen molar-refractivity contribution in [2.75, 3.05) is 18.1 Å². The Bertz CT molecular complexity index is 882. The van der Waals surface area contributed by atoms with E-state index in [0.29, 0.717) is 10.7 Å². The standard InChI is InChI=1S/C18H21ClN2O3S/c1-13-6-4-5-7-15(13)11-21(25(3,23)24)12-18(22)20-17-9-8-16(19)10-14(17)2/h4-10H,11-12H2,1-3H3,(H,20,22). The summed E-state index contributed by atoms with van der Waals surface area (Å²) in [6.45, 7) is 3.63. The van der Waals surface area contributed by atoms with Crippen molar-refractivity contribution in [2.45, 2.75) is 20.4 Å². The van der Waals surface area contributed by atoms with Crippen LogP contribution in [0.15, 0.2) is 42.5 Å². The van der Waals surface area contributed by atoms with Gasteiger partial charge in [-0.3, -0.25) is 4.79 Å². The van der Waals surface area contributed by atoms with Crippen LogP contribution in [0, 0.1) is 13.8 Å². The third kappa shape index (κ3) is 5.56. The molecule has 0 bridgehead atoms. The highest BCUT2D eigenvalue weighted by Crippen LogP contribution is 2.20. The Labute approximate surface area is 153 Å². The van der Waals surface area contributed by atoms with Gasteiger partial charge in [-0.15, -0.1) is 0 Å². The Kier molecular flexibility index (Phi) is 6.21. The van der Waals surface area contributed by atoms with Gasteiger partial charge in [0.05, 0.1) is 12.8 Å². The number of carbonyl (C=O) groups excluding carboxylic acids is 1. The number of anilines is 1.